The summed E-state index contributed by atoms with van der Waals surface area (Å²) in [5.74, 6) is 0.295. The highest BCUT2D eigenvalue weighted by atomic mass is 16.5. The fraction of sp³-hybridized carbons (Fsp3) is 0.250. The predicted octanol–water partition coefficient (Wildman–Crippen LogP) is 3.84. The fourth-order valence-corrected chi connectivity index (χ4v) is 2.90. The lowest BCUT2D eigenvalue weighted by atomic mass is 10.1. The molecule has 0 saturated carbocycles. The number of hydrogen-bond acceptors (Lipinski definition) is 4. The van der Waals surface area contributed by atoms with Crippen molar-refractivity contribution in [2.24, 2.45) is 0 Å². The van der Waals surface area contributed by atoms with Crippen molar-refractivity contribution in [1.29, 1.82) is 0 Å². The Morgan fingerprint density at radius 1 is 0.767 bits per heavy atom. The molecule has 0 aliphatic carbocycles. The molecule has 6 nitrogen and oxygen atoms in total. The molecule has 3 aromatic rings. The van der Waals surface area contributed by atoms with Crippen molar-refractivity contribution in [3.05, 3.63) is 71.8 Å². The first-order valence-electron chi connectivity index (χ1n) is 9.82. The second-order valence-electron chi connectivity index (χ2n) is 7.28. The number of aryl methyl sites for hydroxylation is 2. The van der Waals surface area contributed by atoms with Crippen LogP contribution in [0.4, 0.5) is 0 Å². The number of ether oxygens (including phenoxy) is 2. The average Bonchev–Trinajstić information content (AvgIpc) is 2.74. The van der Waals surface area contributed by atoms with Crippen molar-refractivity contribution in [1.82, 2.24) is 10.9 Å². The Labute approximate surface area is 176 Å². The maximum Gasteiger partial charge on any atom is 0.279 e. The largest absolute Gasteiger partial charge is 0.481 e. The lowest BCUT2D eigenvalue weighted by molar-refractivity contribution is -0.135. The molecule has 6 heteroatoms. The highest BCUT2D eigenvalue weighted by Crippen LogP contribution is 2.22. The van der Waals surface area contributed by atoms with E-state index in [2.05, 4.69) is 10.9 Å². The molecule has 3 aromatic carbocycles. The Morgan fingerprint density at radius 3 is 2.10 bits per heavy atom. The molecule has 3 rings (SSSR count). The van der Waals surface area contributed by atoms with Crippen LogP contribution in [-0.2, 0) is 9.59 Å². The van der Waals surface area contributed by atoms with Gasteiger partial charge in [-0.25, -0.2) is 0 Å². The first-order valence-corrected chi connectivity index (χ1v) is 9.82. The molecule has 2 atom stereocenters. The van der Waals surface area contributed by atoms with E-state index in [1.54, 1.807) is 13.8 Å². The van der Waals surface area contributed by atoms with Crippen molar-refractivity contribution in [2.75, 3.05) is 0 Å². The summed E-state index contributed by atoms with van der Waals surface area (Å²) in [7, 11) is 0. The minimum Gasteiger partial charge on any atom is -0.481 e. The van der Waals surface area contributed by atoms with Crippen molar-refractivity contribution in [2.45, 2.75) is 39.9 Å². The quantitative estimate of drug-likeness (QED) is 0.610. The smallest absolute Gasteiger partial charge is 0.279 e. The summed E-state index contributed by atoms with van der Waals surface area (Å²) < 4.78 is 11.4. The van der Waals surface area contributed by atoms with Crippen LogP contribution < -0.4 is 20.3 Å². The molecule has 2 amide bonds. The molecule has 0 bridgehead atoms. The van der Waals surface area contributed by atoms with Gasteiger partial charge in [0.1, 0.15) is 11.5 Å². The van der Waals surface area contributed by atoms with Crippen LogP contribution >= 0.6 is 0 Å². The topological polar surface area (TPSA) is 76.7 Å². The van der Waals surface area contributed by atoms with E-state index >= 15 is 0 Å². The SMILES string of the molecule is Cc1ccc(C)c(O[C@H](C)C(=O)NNC(=O)[C@H](C)Oc2ccc3ccccc3c2)c1. The Balaban J connectivity index is 1.52. The molecule has 0 aliphatic heterocycles. The molecule has 0 aromatic heterocycles. The number of fused-ring (bicyclic) bond motifs is 1. The Hall–Kier alpha value is -3.54. The van der Waals surface area contributed by atoms with E-state index in [-0.39, 0.29) is 0 Å². The van der Waals surface area contributed by atoms with Crippen LogP contribution in [0.3, 0.4) is 0 Å². The van der Waals surface area contributed by atoms with Gasteiger partial charge in [0.25, 0.3) is 11.8 Å². The molecule has 0 radical (unpaired) electrons. The van der Waals surface area contributed by atoms with Gasteiger partial charge < -0.3 is 9.47 Å². The Morgan fingerprint density at radius 2 is 1.40 bits per heavy atom. The van der Waals surface area contributed by atoms with E-state index in [1.165, 1.54) is 0 Å². The minimum atomic E-state index is -0.790. The summed E-state index contributed by atoms with van der Waals surface area (Å²) in [6.45, 7) is 7.10. The van der Waals surface area contributed by atoms with E-state index in [4.69, 9.17) is 9.47 Å². The highest BCUT2D eigenvalue weighted by Gasteiger charge is 2.19. The number of amides is 2. The molecule has 30 heavy (non-hydrogen) atoms. The van der Waals surface area contributed by atoms with Gasteiger partial charge in [-0.2, -0.15) is 0 Å². The number of carbonyl (C=O) groups excluding carboxylic acids is 2. The molecule has 0 spiro atoms. The number of rotatable bonds is 6. The van der Waals surface area contributed by atoms with Gasteiger partial charge in [-0.3, -0.25) is 20.4 Å². The van der Waals surface area contributed by atoms with Crippen LogP contribution in [0.15, 0.2) is 60.7 Å². The first-order chi connectivity index (χ1) is 14.3. The molecule has 2 N–H and O–H groups in total. The van der Waals surface area contributed by atoms with Crippen molar-refractivity contribution < 1.29 is 19.1 Å². The molecule has 0 aliphatic rings. The van der Waals surface area contributed by atoms with Gasteiger partial charge in [-0.05, 0) is 67.8 Å². The van der Waals surface area contributed by atoms with E-state index in [0.29, 0.717) is 11.5 Å². The summed E-state index contributed by atoms with van der Waals surface area (Å²) >= 11 is 0. The van der Waals surface area contributed by atoms with Crippen LogP contribution in [0.2, 0.25) is 0 Å². The molecule has 156 valence electrons. The van der Waals surface area contributed by atoms with E-state index < -0.39 is 24.0 Å². The zero-order valence-corrected chi connectivity index (χ0v) is 17.6. The lowest BCUT2D eigenvalue weighted by Crippen LogP contribution is -2.50. The van der Waals surface area contributed by atoms with Crippen LogP contribution in [0.5, 0.6) is 11.5 Å². The highest BCUT2D eigenvalue weighted by molar-refractivity contribution is 5.87. The number of nitrogens with one attached hydrogen (secondary N) is 2. The molecule has 0 saturated heterocycles. The third kappa shape index (κ3) is 5.29. The molecular formula is C24H26N2O4. The monoisotopic (exact) mass is 406 g/mol. The second-order valence-corrected chi connectivity index (χ2v) is 7.28. The molecular weight excluding hydrogens is 380 g/mol. The van der Waals surface area contributed by atoms with Crippen molar-refractivity contribution in [3.8, 4) is 11.5 Å². The molecule has 0 heterocycles. The summed E-state index contributed by atoms with van der Waals surface area (Å²) in [6, 6.07) is 19.3. The van der Waals surface area contributed by atoms with Gasteiger partial charge in [0.05, 0.1) is 0 Å². The first kappa shape index (κ1) is 21.2. The van der Waals surface area contributed by atoms with Gasteiger partial charge in [-0.1, -0.05) is 42.5 Å². The lowest BCUT2D eigenvalue weighted by Gasteiger charge is -2.19. The van der Waals surface area contributed by atoms with Crippen LogP contribution in [-0.4, -0.2) is 24.0 Å². The number of benzene rings is 3. The molecule has 0 unspecified atom stereocenters. The fourth-order valence-electron chi connectivity index (χ4n) is 2.90. The van der Waals surface area contributed by atoms with Gasteiger partial charge in [0.2, 0.25) is 0 Å². The summed E-state index contributed by atoms with van der Waals surface area (Å²) in [5.41, 5.74) is 6.75. The van der Waals surface area contributed by atoms with E-state index in [0.717, 1.165) is 21.9 Å². The molecule has 0 fully saturated rings. The van der Waals surface area contributed by atoms with Gasteiger partial charge in [0.15, 0.2) is 12.2 Å². The maximum absolute atomic E-state index is 12.3. The van der Waals surface area contributed by atoms with Gasteiger partial charge in [-0.15, -0.1) is 0 Å². The normalized spacial score (nSPS) is 12.7. The van der Waals surface area contributed by atoms with Crippen molar-refractivity contribution >= 4 is 22.6 Å². The number of hydrazine groups is 1. The standard InChI is InChI=1S/C24H26N2O4/c1-15-9-10-16(2)22(13-15)30-18(4)24(28)26-25-23(27)17(3)29-21-12-11-19-7-5-6-8-20(19)14-21/h5-14,17-18H,1-4H3,(H,25,27)(H,26,28)/t17-,18+/m0/s1. The van der Waals surface area contributed by atoms with E-state index in [9.17, 15) is 9.59 Å². The van der Waals surface area contributed by atoms with Crippen LogP contribution in [0.25, 0.3) is 10.8 Å². The maximum atomic E-state index is 12.3. The number of hydrogen-bond donors (Lipinski definition) is 2. The van der Waals surface area contributed by atoms with Crippen molar-refractivity contribution in [3.63, 3.8) is 0 Å². The second kappa shape index (κ2) is 9.31. The Kier molecular flexibility index (Phi) is 6.57. The van der Waals surface area contributed by atoms with Crippen LogP contribution in [0, 0.1) is 13.8 Å². The summed E-state index contributed by atoms with van der Waals surface area (Å²) in [5, 5.41) is 2.11. The number of carbonyl (C=O) groups is 2. The minimum absolute atomic E-state index is 0.456. The average molecular weight is 406 g/mol. The van der Waals surface area contributed by atoms with Gasteiger partial charge in [0, 0.05) is 0 Å². The van der Waals surface area contributed by atoms with Gasteiger partial charge >= 0.3 is 0 Å². The third-order valence-electron chi connectivity index (χ3n) is 4.73. The summed E-state index contributed by atoms with van der Waals surface area (Å²) in [6.07, 6.45) is -1.57. The van der Waals surface area contributed by atoms with E-state index in [1.807, 2.05) is 74.5 Å². The van der Waals surface area contributed by atoms with Crippen LogP contribution in [0.1, 0.15) is 25.0 Å². The zero-order valence-electron chi connectivity index (χ0n) is 17.6. The summed E-state index contributed by atoms with van der Waals surface area (Å²) in [4.78, 5) is 24.6. The zero-order chi connectivity index (χ0) is 21.7. The third-order valence-corrected chi connectivity index (χ3v) is 4.73. The predicted molar refractivity (Wildman–Crippen MR) is 116 cm³/mol. The Bertz CT molecular complexity index is 1060.